The third kappa shape index (κ3) is 5.98. The molecule has 4 N–H and O–H groups in total. The summed E-state index contributed by atoms with van der Waals surface area (Å²) in [7, 11) is 5.79. The van der Waals surface area contributed by atoms with Crippen LogP contribution in [0.15, 0.2) is 48.6 Å². The van der Waals surface area contributed by atoms with Crippen LogP contribution in [-0.4, -0.2) is 60.6 Å². The number of rotatable bonds is 8. The Balaban J connectivity index is 1.61. The van der Waals surface area contributed by atoms with Crippen LogP contribution >= 0.6 is 0 Å². The van der Waals surface area contributed by atoms with Crippen LogP contribution in [0.4, 0.5) is 11.5 Å². The molecule has 0 bridgehead atoms. The molecule has 1 heterocycles. The van der Waals surface area contributed by atoms with Crippen LogP contribution in [0.1, 0.15) is 36.2 Å². The van der Waals surface area contributed by atoms with Gasteiger partial charge in [-0.05, 0) is 57.3 Å². The van der Waals surface area contributed by atoms with Gasteiger partial charge in [0.1, 0.15) is 17.3 Å². The average molecular weight is 500 g/mol. The molecule has 192 valence electrons. The summed E-state index contributed by atoms with van der Waals surface area (Å²) in [5.74, 6) is 0.968. The third-order valence-corrected chi connectivity index (χ3v) is 6.84. The molecule has 2 aromatic carbocycles. The van der Waals surface area contributed by atoms with Gasteiger partial charge in [0, 0.05) is 41.2 Å². The SMILES string of the molecule is C=C(C#N)CNc1c(OC)ccc2ccc(-c3nc(N)cc(C(=O)N[C@H]4CC[C@H](N(C)C)CC4)n3)cc12. The molecule has 0 unspecified atom stereocenters. The normalized spacial score (nSPS) is 17.3. The van der Waals surface area contributed by atoms with E-state index < -0.39 is 0 Å². The smallest absolute Gasteiger partial charge is 0.270 e. The van der Waals surface area contributed by atoms with Gasteiger partial charge < -0.3 is 26.0 Å². The molecule has 1 amide bonds. The van der Waals surface area contributed by atoms with E-state index >= 15 is 0 Å². The average Bonchev–Trinajstić information content (AvgIpc) is 2.90. The van der Waals surface area contributed by atoms with Gasteiger partial charge in [-0.2, -0.15) is 5.26 Å². The number of carbonyl (C=O) groups is 1. The van der Waals surface area contributed by atoms with Crippen molar-refractivity contribution in [3.05, 3.63) is 54.2 Å². The molecule has 0 saturated heterocycles. The molecule has 1 aliphatic carbocycles. The first-order chi connectivity index (χ1) is 17.8. The number of hydrogen-bond acceptors (Lipinski definition) is 8. The van der Waals surface area contributed by atoms with Crippen LogP contribution in [-0.2, 0) is 0 Å². The molecule has 1 fully saturated rings. The van der Waals surface area contributed by atoms with E-state index in [-0.39, 0.29) is 30.0 Å². The first-order valence-electron chi connectivity index (χ1n) is 12.3. The Kier molecular flexibility index (Phi) is 7.89. The number of amides is 1. The topological polar surface area (TPSA) is 129 Å². The lowest BCUT2D eigenvalue weighted by Gasteiger charge is -2.32. The number of benzene rings is 2. The summed E-state index contributed by atoms with van der Waals surface area (Å²) in [4.78, 5) is 24.3. The highest BCUT2D eigenvalue weighted by atomic mass is 16.5. The molecule has 1 aliphatic rings. The van der Waals surface area contributed by atoms with E-state index in [1.54, 1.807) is 7.11 Å². The summed E-state index contributed by atoms with van der Waals surface area (Å²) in [6, 6.07) is 13.8. The zero-order valence-corrected chi connectivity index (χ0v) is 21.5. The summed E-state index contributed by atoms with van der Waals surface area (Å²) in [5.41, 5.74) is 8.17. The van der Waals surface area contributed by atoms with E-state index in [4.69, 9.17) is 15.7 Å². The minimum Gasteiger partial charge on any atom is -0.495 e. The van der Waals surface area contributed by atoms with Gasteiger partial charge in [-0.15, -0.1) is 0 Å². The van der Waals surface area contributed by atoms with Crippen molar-refractivity contribution < 1.29 is 9.53 Å². The summed E-state index contributed by atoms with van der Waals surface area (Å²) >= 11 is 0. The second kappa shape index (κ2) is 11.3. The Morgan fingerprint density at radius 1 is 1.19 bits per heavy atom. The van der Waals surface area contributed by atoms with Crippen LogP contribution in [0.3, 0.4) is 0 Å². The summed E-state index contributed by atoms with van der Waals surface area (Å²) in [5, 5.41) is 17.3. The predicted molar refractivity (Wildman–Crippen MR) is 146 cm³/mol. The Morgan fingerprint density at radius 3 is 2.59 bits per heavy atom. The molecule has 37 heavy (non-hydrogen) atoms. The number of nitriles is 1. The van der Waals surface area contributed by atoms with Crippen molar-refractivity contribution in [2.75, 3.05) is 38.8 Å². The van der Waals surface area contributed by atoms with Gasteiger partial charge >= 0.3 is 0 Å². The van der Waals surface area contributed by atoms with Gasteiger partial charge in [-0.3, -0.25) is 4.79 Å². The molecule has 9 nitrogen and oxygen atoms in total. The first kappa shape index (κ1) is 25.9. The van der Waals surface area contributed by atoms with Crippen molar-refractivity contribution in [1.82, 2.24) is 20.2 Å². The number of nitrogens with one attached hydrogen (secondary N) is 2. The molecule has 3 aromatic rings. The standard InChI is InChI=1S/C28H33N7O2/c1-17(15-29)16-31-26-22-13-19(6-5-18(22)7-12-24(26)37-4)27-33-23(14-25(30)34-27)28(36)32-20-8-10-21(11-9-20)35(2)3/h5-7,12-14,20-21,31H,1,8-11,16H2,2-4H3,(H,32,36)(H2,30,33,34)/t20-,21-. The van der Waals surface area contributed by atoms with Crippen LogP contribution in [0.25, 0.3) is 22.2 Å². The Hall–Kier alpha value is -4.16. The fourth-order valence-electron chi connectivity index (χ4n) is 4.73. The molecule has 1 saturated carbocycles. The van der Waals surface area contributed by atoms with Crippen molar-refractivity contribution in [3.8, 4) is 23.2 Å². The minimum absolute atomic E-state index is 0.119. The van der Waals surface area contributed by atoms with Crippen LogP contribution < -0.4 is 21.1 Å². The molecule has 4 rings (SSSR count). The zero-order chi connectivity index (χ0) is 26.5. The van der Waals surface area contributed by atoms with E-state index in [1.165, 1.54) is 6.07 Å². The maximum absolute atomic E-state index is 13.1. The third-order valence-electron chi connectivity index (χ3n) is 6.84. The van der Waals surface area contributed by atoms with Crippen LogP contribution in [0.2, 0.25) is 0 Å². The van der Waals surface area contributed by atoms with Crippen molar-refractivity contribution in [2.24, 2.45) is 0 Å². The number of hydrogen-bond donors (Lipinski definition) is 3. The lowest BCUT2D eigenvalue weighted by molar-refractivity contribution is 0.0911. The van der Waals surface area contributed by atoms with Gasteiger partial charge in [0.05, 0.1) is 18.9 Å². The number of methoxy groups -OCH3 is 1. The fourth-order valence-corrected chi connectivity index (χ4v) is 4.73. The van der Waals surface area contributed by atoms with E-state index in [0.29, 0.717) is 28.8 Å². The Labute approximate surface area is 217 Å². The van der Waals surface area contributed by atoms with Crippen LogP contribution in [0.5, 0.6) is 5.75 Å². The van der Waals surface area contributed by atoms with E-state index in [0.717, 1.165) is 42.1 Å². The van der Waals surface area contributed by atoms with Gasteiger partial charge in [-0.1, -0.05) is 24.8 Å². The molecule has 0 radical (unpaired) electrons. The fraction of sp³-hybridized carbons (Fsp3) is 0.357. The summed E-state index contributed by atoms with van der Waals surface area (Å²) in [6.45, 7) is 4.02. The lowest BCUT2D eigenvalue weighted by atomic mass is 9.90. The molecule has 9 heteroatoms. The molecule has 0 aliphatic heterocycles. The highest BCUT2D eigenvalue weighted by molar-refractivity contribution is 5.99. The second-order valence-electron chi connectivity index (χ2n) is 9.59. The number of fused-ring (bicyclic) bond motifs is 1. The van der Waals surface area contributed by atoms with Gasteiger partial charge in [0.2, 0.25) is 0 Å². The number of aromatic nitrogens is 2. The maximum atomic E-state index is 13.1. The predicted octanol–water partition coefficient (Wildman–Crippen LogP) is 3.98. The molecule has 1 aromatic heterocycles. The Morgan fingerprint density at radius 2 is 1.92 bits per heavy atom. The highest BCUT2D eigenvalue weighted by Crippen LogP contribution is 2.35. The number of anilines is 2. The second-order valence-corrected chi connectivity index (χ2v) is 9.59. The van der Waals surface area contributed by atoms with Crippen molar-refractivity contribution in [2.45, 2.75) is 37.8 Å². The summed E-state index contributed by atoms with van der Waals surface area (Å²) < 4.78 is 5.54. The van der Waals surface area contributed by atoms with E-state index in [2.05, 4.69) is 46.2 Å². The minimum atomic E-state index is -0.247. The van der Waals surface area contributed by atoms with E-state index in [1.807, 2.05) is 36.4 Å². The molecule has 0 atom stereocenters. The lowest BCUT2D eigenvalue weighted by Crippen LogP contribution is -2.42. The van der Waals surface area contributed by atoms with Crippen molar-refractivity contribution in [1.29, 1.82) is 5.26 Å². The maximum Gasteiger partial charge on any atom is 0.270 e. The first-order valence-corrected chi connectivity index (χ1v) is 12.3. The Bertz CT molecular complexity index is 1350. The zero-order valence-electron chi connectivity index (χ0n) is 21.5. The highest BCUT2D eigenvalue weighted by Gasteiger charge is 2.24. The molecule has 0 spiro atoms. The molecular weight excluding hydrogens is 466 g/mol. The molecular formula is C28H33N7O2. The van der Waals surface area contributed by atoms with Crippen molar-refractivity contribution >= 4 is 28.2 Å². The number of carbonyl (C=O) groups excluding carboxylic acids is 1. The monoisotopic (exact) mass is 499 g/mol. The number of nitrogens with two attached hydrogens (primary N) is 1. The number of nitrogen functional groups attached to an aromatic ring is 1. The van der Waals surface area contributed by atoms with Crippen molar-refractivity contribution in [3.63, 3.8) is 0 Å². The number of nitrogens with zero attached hydrogens (tertiary/aromatic N) is 4. The largest absolute Gasteiger partial charge is 0.495 e. The van der Waals surface area contributed by atoms with Gasteiger partial charge in [-0.25, -0.2) is 9.97 Å². The van der Waals surface area contributed by atoms with Gasteiger partial charge in [0.25, 0.3) is 5.91 Å². The quantitative estimate of drug-likeness (QED) is 0.397. The van der Waals surface area contributed by atoms with Crippen LogP contribution in [0, 0.1) is 11.3 Å². The summed E-state index contributed by atoms with van der Waals surface area (Å²) in [6.07, 6.45) is 3.96. The van der Waals surface area contributed by atoms with Gasteiger partial charge in [0.15, 0.2) is 5.82 Å². The number of ether oxygens (including phenoxy) is 1. The van der Waals surface area contributed by atoms with E-state index in [9.17, 15) is 4.79 Å².